The number of carbonyl (C=O) groups is 2. The Balaban J connectivity index is 2.15. The van der Waals surface area contributed by atoms with Gasteiger partial charge in [0.1, 0.15) is 5.70 Å². The Kier molecular flexibility index (Phi) is 5.40. The molecule has 1 heterocycles. The van der Waals surface area contributed by atoms with Crippen LogP contribution in [0.3, 0.4) is 0 Å². The van der Waals surface area contributed by atoms with E-state index < -0.39 is 11.9 Å². The van der Waals surface area contributed by atoms with Gasteiger partial charge in [-0.25, -0.2) is 14.8 Å². The lowest BCUT2D eigenvalue weighted by Gasteiger charge is -2.08. The van der Waals surface area contributed by atoms with Crippen molar-refractivity contribution in [3.8, 4) is 0 Å². The summed E-state index contributed by atoms with van der Waals surface area (Å²) in [5.74, 6) is -0.802. The van der Waals surface area contributed by atoms with Gasteiger partial charge < -0.3 is 15.4 Å². The lowest BCUT2D eigenvalue weighted by atomic mass is 10.2. The molecule has 0 saturated carbocycles. The highest BCUT2D eigenvalue weighted by Crippen LogP contribution is 2.03. The topological polar surface area (TPSA) is 93.2 Å². The van der Waals surface area contributed by atoms with Crippen LogP contribution in [0.2, 0.25) is 0 Å². The molecular formula is C16H16N4O3. The predicted molar refractivity (Wildman–Crippen MR) is 84.4 cm³/mol. The van der Waals surface area contributed by atoms with Gasteiger partial charge in [0.15, 0.2) is 0 Å². The lowest BCUT2D eigenvalue weighted by Crippen LogP contribution is -2.28. The van der Waals surface area contributed by atoms with E-state index in [4.69, 9.17) is 0 Å². The Morgan fingerprint density at radius 3 is 2.57 bits per heavy atom. The minimum atomic E-state index is -0.686. The molecule has 2 rings (SSSR count). The smallest absolute Gasteiger partial charge is 0.356 e. The van der Waals surface area contributed by atoms with E-state index in [9.17, 15) is 9.59 Å². The first-order valence-electron chi connectivity index (χ1n) is 6.81. The fourth-order valence-corrected chi connectivity index (χ4v) is 1.70. The van der Waals surface area contributed by atoms with Gasteiger partial charge in [0.2, 0.25) is 5.95 Å². The molecule has 7 nitrogen and oxygen atoms in total. The maximum Gasteiger partial charge on any atom is 0.356 e. The van der Waals surface area contributed by atoms with Crippen molar-refractivity contribution in [3.63, 3.8) is 0 Å². The minimum Gasteiger partial charge on any atom is -0.464 e. The highest BCUT2D eigenvalue weighted by Gasteiger charge is 2.14. The average Bonchev–Trinajstić information content (AvgIpc) is 2.58. The summed E-state index contributed by atoms with van der Waals surface area (Å²) in [6.45, 7) is 1.81. The Bertz CT molecular complexity index is 729. The molecule has 0 unspecified atom stereocenters. The monoisotopic (exact) mass is 312 g/mol. The fraction of sp³-hybridized carbons (Fsp3) is 0.125. The van der Waals surface area contributed by atoms with Crippen molar-refractivity contribution < 1.29 is 14.3 Å². The maximum atomic E-state index is 12.1. The third-order valence-corrected chi connectivity index (χ3v) is 2.83. The van der Waals surface area contributed by atoms with Crippen molar-refractivity contribution in [2.75, 3.05) is 12.4 Å². The van der Waals surface area contributed by atoms with Gasteiger partial charge in [0, 0.05) is 23.7 Å². The molecule has 2 aromatic rings. The number of hydrogen-bond acceptors (Lipinski definition) is 6. The molecule has 0 saturated heterocycles. The van der Waals surface area contributed by atoms with Crippen molar-refractivity contribution in [2.45, 2.75) is 6.92 Å². The van der Waals surface area contributed by atoms with Crippen LogP contribution in [0.4, 0.5) is 5.95 Å². The molecule has 1 aromatic heterocycles. The van der Waals surface area contributed by atoms with Gasteiger partial charge in [0.05, 0.1) is 7.11 Å². The van der Waals surface area contributed by atoms with Crippen LogP contribution in [0.25, 0.3) is 0 Å². The van der Waals surface area contributed by atoms with Gasteiger partial charge in [-0.3, -0.25) is 4.79 Å². The zero-order valence-electron chi connectivity index (χ0n) is 12.7. The molecule has 23 heavy (non-hydrogen) atoms. The molecule has 2 N–H and O–H groups in total. The summed E-state index contributed by atoms with van der Waals surface area (Å²) in [7, 11) is 1.23. The van der Waals surface area contributed by atoms with Crippen LogP contribution in [-0.4, -0.2) is 29.0 Å². The number of benzene rings is 1. The molecule has 0 fully saturated rings. The lowest BCUT2D eigenvalue weighted by molar-refractivity contribution is -0.136. The Morgan fingerprint density at radius 2 is 1.91 bits per heavy atom. The van der Waals surface area contributed by atoms with E-state index in [1.54, 1.807) is 42.6 Å². The largest absolute Gasteiger partial charge is 0.464 e. The zero-order valence-corrected chi connectivity index (χ0v) is 12.7. The molecule has 0 bridgehead atoms. The first-order chi connectivity index (χ1) is 11.1. The van der Waals surface area contributed by atoms with Crippen LogP contribution >= 0.6 is 0 Å². The van der Waals surface area contributed by atoms with Gasteiger partial charge >= 0.3 is 5.97 Å². The molecule has 0 aliphatic carbocycles. The zero-order chi connectivity index (χ0) is 16.7. The maximum absolute atomic E-state index is 12.1. The van der Waals surface area contributed by atoms with E-state index >= 15 is 0 Å². The molecule has 1 aromatic carbocycles. The van der Waals surface area contributed by atoms with E-state index in [1.165, 1.54) is 13.3 Å². The van der Waals surface area contributed by atoms with E-state index in [2.05, 4.69) is 25.3 Å². The highest BCUT2D eigenvalue weighted by atomic mass is 16.5. The number of amides is 1. The minimum absolute atomic E-state index is 0.0496. The molecule has 0 aliphatic rings. The van der Waals surface area contributed by atoms with Gasteiger partial charge in [-0.2, -0.15) is 0 Å². The predicted octanol–water partition coefficient (Wildman–Crippen LogP) is 1.64. The summed E-state index contributed by atoms with van der Waals surface area (Å²) >= 11 is 0. The summed E-state index contributed by atoms with van der Waals surface area (Å²) in [5, 5.41) is 5.26. The molecule has 7 heteroatoms. The number of esters is 1. The summed E-state index contributed by atoms with van der Waals surface area (Å²) < 4.78 is 4.66. The quantitative estimate of drug-likeness (QED) is 0.644. The average molecular weight is 312 g/mol. The Hall–Kier alpha value is -3.22. The van der Waals surface area contributed by atoms with Crippen molar-refractivity contribution in [1.82, 2.24) is 15.3 Å². The molecular weight excluding hydrogens is 296 g/mol. The van der Waals surface area contributed by atoms with Crippen LogP contribution < -0.4 is 10.6 Å². The fourth-order valence-electron chi connectivity index (χ4n) is 1.70. The number of carbonyl (C=O) groups excluding carboxylic acids is 2. The van der Waals surface area contributed by atoms with Gasteiger partial charge in [-0.15, -0.1) is 0 Å². The first kappa shape index (κ1) is 16.2. The summed E-state index contributed by atoms with van der Waals surface area (Å²) in [6, 6.07) is 10.3. The van der Waals surface area contributed by atoms with Gasteiger partial charge in [0.25, 0.3) is 5.91 Å². The number of aryl methyl sites for hydroxylation is 1. The summed E-state index contributed by atoms with van der Waals surface area (Å²) in [6.07, 6.45) is 2.88. The number of methoxy groups -OCH3 is 1. The number of ether oxygens (including phenoxy) is 1. The molecule has 0 radical (unpaired) electrons. The van der Waals surface area contributed by atoms with Crippen LogP contribution in [0.1, 0.15) is 16.1 Å². The highest BCUT2D eigenvalue weighted by molar-refractivity contribution is 6.01. The van der Waals surface area contributed by atoms with Crippen LogP contribution in [-0.2, 0) is 9.53 Å². The molecule has 0 aliphatic heterocycles. The third-order valence-electron chi connectivity index (χ3n) is 2.83. The molecule has 118 valence electrons. The number of hydrogen-bond donors (Lipinski definition) is 2. The second kappa shape index (κ2) is 7.69. The third kappa shape index (κ3) is 4.63. The second-order valence-electron chi connectivity index (χ2n) is 4.54. The van der Waals surface area contributed by atoms with Crippen molar-refractivity contribution in [3.05, 3.63) is 65.7 Å². The first-order valence-corrected chi connectivity index (χ1v) is 6.81. The van der Waals surface area contributed by atoms with Gasteiger partial charge in [-0.1, -0.05) is 18.2 Å². The summed E-state index contributed by atoms with van der Waals surface area (Å²) in [5.41, 5.74) is 1.14. The van der Waals surface area contributed by atoms with Crippen molar-refractivity contribution in [1.29, 1.82) is 0 Å². The number of rotatable bonds is 5. The number of anilines is 1. The number of nitrogens with zero attached hydrogens (tertiary/aromatic N) is 2. The molecule has 0 atom stereocenters. The van der Waals surface area contributed by atoms with Gasteiger partial charge in [-0.05, 0) is 25.1 Å². The molecule has 1 amide bonds. The van der Waals surface area contributed by atoms with Crippen LogP contribution in [0.5, 0.6) is 0 Å². The Morgan fingerprint density at radius 1 is 1.17 bits per heavy atom. The van der Waals surface area contributed by atoms with E-state index in [1.807, 2.05) is 6.92 Å². The number of nitrogens with one attached hydrogen (secondary N) is 2. The van der Waals surface area contributed by atoms with E-state index in [0.717, 1.165) is 5.69 Å². The second-order valence-corrected chi connectivity index (χ2v) is 4.54. The van der Waals surface area contributed by atoms with Crippen molar-refractivity contribution in [2.24, 2.45) is 0 Å². The van der Waals surface area contributed by atoms with E-state index in [0.29, 0.717) is 11.5 Å². The van der Waals surface area contributed by atoms with Crippen LogP contribution in [0.15, 0.2) is 54.5 Å². The number of aromatic nitrogens is 2. The SMILES string of the molecule is COC(=O)/C(=C/Nc1nccc(C)n1)NC(=O)c1ccccc1. The normalized spacial score (nSPS) is 10.8. The van der Waals surface area contributed by atoms with Crippen molar-refractivity contribution >= 4 is 17.8 Å². The standard InChI is InChI=1S/C16H16N4O3/c1-11-8-9-17-16(19-11)18-10-13(15(22)23-2)20-14(21)12-6-4-3-5-7-12/h3-10H,1-2H3,(H,20,21)(H,17,18,19)/b13-10-. The molecule has 0 spiro atoms. The summed E-state index contributed by atoms with van der Waals surface area (Å²) in [4.78, 5) is 32.0. The van der Waals surface area contributed by atoms with Crippen LogP contribution in [0, 0.1) is 6.92 Å². The Labute approximate surface area is 133 Å². The van der Waals surface area contributed by atoms with E-state index in [-0.39, 0.29) is 5.70 Å².